The van der Waals surface area contributed by atoms with E-state index < -0.39 is 0 Å². The lowest BCUT2D eigenvalue weighted by atomic mass is 10.1. The lowest BCUT2D eigenvalue weighted by molar-refractivity contribution is 0.514. The number of hydrogen-bond donors (Lipinski definition) is 2. The maximum atomic E-state index is 6.23. The van der Waals surface area contributed by atoms with Crippen molar-refractivity contribution < 1.29 is 0 Å². The molecule has 3 N–H and O–H groups in total. The normalized spacial score (nSPS) is 12.6. The quantitative estimate of drug-likeness (QED) is 0.646. The van der Waals surface area contributed by atoms with Gasteiger partial charge in [-0.15, -0.1) is 0 Å². The summed E-state index contributed by atoms with van der Waals surface area (Å²) >= 11 is 9.72. The summed E-state index contributed by atoms with van der Waals surface area (Å²) in [7, 11) is 0. The molecule has 102 valence electrons. The number of pyridine rings is 1. The predicted molar refractivity (Wildman–Crippen MR) is 78.6 cm³/mol. The van der Waals surface area contributed by atoms with Gasteiger partial charge < -0.3 is 0 Å². The fraction of sp³-hybridized carbons (Fsp3) is 0.333. The van der Waals surface area contributed by atoms with Gasteiger partial charge in [0, 0.05) is 17.2 Å². The smallest absolute Gasteiger partial charge is 0.107 e. The van der Waals surface area contributed by atoms with Crippen LogP contribution in [0.25, 0.3) is 0 Å². The highest BCUT2D eigenvalue weighted by Gasteiger charge is 2.23. The minimum atomic E-state index is -0.308. The van der Waals surface area contributed by atoms with Crippen LogP contribution in [0.4, 0.5) is 0 Å². The van der Waals surface area contributed by atoms with Crippen molar-refractivity contribution in [3.63, 3.8) is 0 Å². The van der Waals surface area contributed by atoms with Crippen molar-refractivity contribution in [1.29, 1.82) is 0 Å². The van der Waals surface area contributed by atoms with Gasteiger partial charge >= 0.3 is 0 Å². The van der Waals surface area contributed by atoms with Crippen molar-refractivity contribution in [1.82, 2.24) is 20.2 Å². The predicted octanol–water partition coefficient (Wildman–Crippen LogP) is 2.66. The highest BCUT2D eigenvalue weighted by molar-refractivity contribution is 9.10. The number of nitrogens with two attached hydrogens (primary N) is 1. The molecular weight excluding hydrogens is 330 g/mol. The molecule has 5 nitrogen and oxygen atoms in total. The molecule has 0 aliphatic carbocycles. The van der Waals surface area contributed by atoms with Crippen LogP contribution in [0.15, 0.2) is 29.0 Å². The molecule has 19 heavy (non-hydrogen) atoms. The first-order valence-electron chi connectivity index (χ1n) is 5.96. The third-order valence-corrected chi connectivity index (χ3v) is 3.73. The topological polar surface area (TPSA) is 68.8 Å². The van der Waals surface area contributed by atoms with E-state index in [-0.39, 0.29) is 6.04 Å². The van der Waals surface area contributed by atoms with Crippen LogP contribution in [0.3, 0.4) is 0 Å². The van der Waals surface area contributed by atoms with Crippen molar-refractivity contribution in [2.24, 2.45) is 5.84 Å². The first-order chi connectivity index (χ1) is 9.19. The van der Waals surface area contributed by atoms with E-state index in [2.05, 4.69) is 38.4 Å². The van der Waals surface area contributed by atoms with E-state index in [1.54, 1.807) is 12.4 Å². The average molecular weight is 345 g/mol. The van der Waals surface area contributed by atoms with E-state index in [4.69, 9.17) is 17.4 Å². The monoisotopic (exact) mass is 343 g/mol. The number of nitrogens with one attached hydrogen (secondary N) is 1. The second-order valence-electron chi connectivity index (χ2n) is 4.07. The summed E-state index contributed by atoms with van der Waals surface area (Å²) in [6.45, 7) is 2.87. The zero-order valence-corrected chi connectivity index (χ0v) is 12.8. The standard InChI is InChI=1S/C12H15BrClN5/c1-2-6-19-12(9(14)7-17-19)11(18-15)10-8(13)4-3-5-16-10/h3-5,7,11,18H,2,6,15H2,1H3. The number of hydrazine groups is 1. The summed E-state index contributed by atoms with van der Waals surface area (Å²) < 4.78 is 2.73. The fourth-order valence-electron chi connectivity index (χ4n) is 1.95. The Bertz CT molecular complexity index is 557. The minimum Gasteiger partial charge on any atom is -0.270 e. The summed E-state index contributed by atoms with van der Waals surface area (Å²) in [6.07, 6.45) is 4.32. The first kappa shape index (κ1) is 14.5. The Morgan fingerprint density at radius 2 is 2.37 bits per heavy atom. The highest BCUT2D eigenvalue weighted by atomic mass is 79.9. The third kappa shape index (κ3) is 2.97. The van der Waals surface area contributed by atoms with Crippen LogP contribution in [0.1, 0.15) is 30.8 Å². The maximum Gasteiger partial charge on any atom is 0.107 e. The zero-order valence-electron chi connectivity index (χ0n) is 10.5. The van der Waals surface area contributed by atoms with Crippen molar-refractivity contribution in [3.8, 4) is 0 Å². The second kappa shape index (κ2) is 6.47. The van der Waals surface area contributed by atoms with E-state index in [1.165, 1.54) is 0 Å². The molecule has 1 unspecified atom stereocenters. The number of aromatic nitrogens is 3. The third-order valence-electron chi connectivity index (χ3n) is 2.77. The molecule has 0 saturated heterocycles. The molecule has 7 heteroatoms. The molecular formula is C12H15BrClN5. The average Bonchev–Trinajstić information content (AvgIpc) is 2.75. The van der Waals surface area contributed by atoms with Gasteiger partial charge in [-0.1, -0.05) is 18.5 Å². The fourth-order valence-corrected chi connectivity index (χ4v) is 2.68. The van der Waals surface area contributed by atoms with Crippen LogP contribution in [-0.2, 0) is 6.54 Å². The Hall–Kier alpha value is -0.950. The van der Waals surface area contributed by atoms with E-state index in [1.807, 2.05) is 16.8 Å². The van der Waals surface area contributed by atoms with Gasteiger partial charge in [0.2, 0.25) is 0 Å². The van der Waals surface area contributed by atoms with Gasteiger partial charge in [-0.2, -0.15) is 5.10 Å². The van der Waals surface area contributed by atoms with Crippen LogP contribution in [-0.4, -0.2) is 14.8 Å². The summed E-state index contributed by atoms with van der Waals surface area (Å²) in [5.74, 6) is 5.69. The molecule has 2 rings (SSSR count). The van der Waals surface area contributed by atoms with E-state index in [9.17, 15) is 0 Å². The lowest BCUT2D eigenvalue weighted by Crippen LogP contribution is -2.32. The molecule has 2 aromatic rings. The second-order valence-corrected chi connectivity index (χ2v) is 5.33. The van der Waals surface area contributed by atoms with Gasteiger partial charge in [0.25, 0.3) is 0 Å². The van der Waals surface area contributed by atoms with Crippen molar-refractivity contribution in [2.75, 3.05) is 0 Å². The van der Waals surface area contributed by atoms with Crippen LogP contribution in [0, 0.1) is 0 Å². The molecule has 0 saturated carbocycles. The summed E-state index contributed by atoms with van der Waals surface area (Å²) in [5, 5.41) is 4.85. The lowest BCUT2D eigenvalue weighted by Gasteiger charge is -2.18. The molecule has 0 amide bonds. The van der Waals surface area contributed by atoms with E-state index in [0.29, 0.717) is 5.02 Å². The molecule has 2 heterocycles. The van der Waals surface area contributed by atoms with E-state index >= 15 is 0 Å². The minimum absolute atomic E-state index is 0.308. The first-order valence-corrected chi connectivity index (χ1v) is 7.13. The summed E-state index contributed by atoms with van der Waals surface area (Å²) in [4.78, 5) is 4.36. The summed E-state index contributed by atoms with van der Waals surface area (Å²) in [6, 6.07) is 3.46. The molecule has 0 radical (unpaired) electrons. The van der Waals surface area contributed by atoms with Gasteiger partial charge in [0.1, 0.15) is 6.04 Å². The maximum absolute atomic E-state index is 6.23. The Morgan fingerprint density at radius 1 is 1.58 bits per heavy atom. The van der Waals surface area contributed by atoms with Crippen molar-refractivity contribution in [2.45, 2.75) is 25.9 Å². The van der Waals surface area contributed by atoms with Gasteiger partial charge in [0.05, 0.1) is 22.6 Å². The zero-order chi connectivity index (χ0) is 13.8. The Kier molecular flexibility index (Phi) is 4.93. The van der Waals surface area contributed by atoms with Gasteiger partial charge in [-0.25, -0.2) is 5.43 Å². The van der Waals surface area contributed by atoms with Crippen LogP contribution < -0.4 is 11.3 Å². The van der Waals surface area contributed by atoms with Gasteiger partial charge in [0.15, 0.2) is 0 Å². The SMILES string of the molecule is CCCn1ncc(Cl)c1C(NN)c1ncccc1Br. The largest absolute Gasteiger partial charge is 0.270 e. The number of halogens is 2. The van der Waals surface area contributed by atoms with E-state index in [0.717, 1.165) is 28.8 Å². The highest BCUT2D eigenvalue weighted by Crippen LogP contribution is 2.30. The summed E-state index contributed by atoms with van der Waals surface area (Å²) in [5.41, 5.74) is 4.37. The molecule has 1 atom stereocenters. The van der Waals surface area contributed by atoms with Crippen molar-refractivity contribution in [3.05, 3.63) is 45.4 Å². The Labute approximate surface area is 125 Å². The molecule has 0 aromatic carbocycles. The number of hydrogen-bond acceptors (Lipinski definition) is 4. The number of nitrogens with zero attached hydrogens (tertiary/aromatic N) is 3. The van der Waals surface area contributed by atoms with Crippen LogP contribution in [0.2, 0.25) is 5.02 Å². The van der Waals surface area contributed by atoms with Crippen molar-refractivity contribution >= 4 is 27.5 Å². The molecule has 0 spiro atoms. The molecule has 0 bridgehead atoms. The molecule has 2 aromatic heterocycles. The number of rotatable bonds is 5. The van der Waals surface area contributed by atoms with Crippen LogP contribution >= 0.6 is 27.5 Å². The van der Waals surface area contributed by atoms with Crippen LogP contribution in [0.5, 0.6) is 0 Å². The Balaban J connectivity index is 2.48. The molecule has 0 aliphatic heterocycles. The number of aryl methyl sites for hydroxylation is 1. The van der Waals surface area contributed by atoms with Gasteiger partial charge in [-0.05, 0) is 34.5 Å². The Morgan fingerprint density at radius 3 is 3.00 bits per heavy atom. The molecule has 0 fully saturated rings. The molecule has 0 aliphatic rings. The van der Waals surface area contributed by atoms with Gasteiger partial charge in [-0.3, -0.25) is 15.5 Å².